The van der Waals surface area contributed by atoms with E-state index in [9.17, 15) is 9.59 Å². The van der Waals surface area contributed by atoms with Crippen molar-refractivity contribution in [2.45, 2.75) is 6.42 Å². The summed E-state index contributed by atoms with van der Waals surface area (Å²) in [6.07, 6.45) is 0.705. The Labute approximate surface area is 147 Å². The third-order valence-corrected chi connectivity index (χ3v) is 3.66. The molecule has 6 heteroatoms. The fourth-order valence-electron chi connectivity index (χ4n) is 2.29. The van der Waals surface area contributed by atoms with Crippen molar-refractivity contribution in [3.8, 4) is 11.5 Å². The quantitative estimate of drug-likeness (QED) is 0.767. The molecular weight excluding hydrogens is 320 g/mol. The number of ether oxygens (including phenoxy) is 2. The van der Waals surface area contributed by atoms with Gasteiger partial charge in [0, 0.05) is 6.54 Å². The lowest BCUT2D eigenvalue weighted by Crippen LogP contribution is -2.37. The van der Waals surface area contributed by atoms with Crippen molar-refractivity contribution in [3.63, 3.8) is 0 Å². The third-order valence-electron chi connectivity index (χ3n) is 3.66. The Kier molecular flexibility index (Phi) is 6.83. The zero-order chi connectivity index (χ0) is 18.1. The monoisotopic (exact) mass is 342 g/mol. The van der Waals surface area contributed by atoms with Crippen molar-refractivity contribution in [2.75, 3.05) is 27.3 Å². The zero-order valence-corrected chi connectivity index (χ0v) is 14.4. The highest BCUT2D eigenvalue weighted by molar-refractivity contribution is 5.98. The van der Waals surface area contributed by atoms with Crippen molar-refractivity contribution in [1.29, 1.82) is 0 Å². The molecule has 0 atom stereocenters. The van der Waals surface area contributed by atoms with E-state index >= 15 is 0 Å². The van der Waals surface area contributed by atoms with E-state index in [4.69, 9.17) is 9.47 Å². The van der Waals surface area contributed by atoms with E-state index in [1.54, 1.807) is 31.4 Å². The van der Waals surface area contributed by atoms with Gasteiger partial charge in [0.15, 0.2) is 0 Å². The van der Waals surface area contributed by atoms with Crippen LogP contribution in [0.5, 0.6) is 11.5 Å². The molecule has 0 unspecified atom stereocenters. The Hall–Kier alpha value is -3.02. The van der Waals surface area contributed by atoms with E-state index in [1.807, 2.05) is 24.3 Å². The summed E-state index contributed by atoms with van der Waals surface area (Å²) in [6.45, 7) is 0.412. The van der Waals surface area contributed by atoms with E-state index in [1.165, 1.54) is 7.11 Å². The Balaban J connectivity index is 1.73. The van der Waals surface area contributed by atoms with Gasteiger partial charge in [-0.15, -0.1) is 0 Å². The van der Waals surface area contributed by atoms with E-state index in [0.717, 1.165) is 11.3 Å². The van der Waals surface area contributed by atoms with Crippen molar-refractivity contribution < 1.29 is 19.1 Å². The first-order valence-corrected chi connectivity index (χ1v) is 7.95. The van der Waals surface area contributed by atoms with Crippen molar-refractivity contribution in [3.05, 3.63) is 59.7 Å². The van der Waals surface area contributed by atoms with Crippen molar-refractivity contribution >= 4 is 11.8 Å². The molecule has 0 saturated carbocycles. The number of nitrogens with one attached hydrogen (secondary N) is 2. The molecule has 2 amide bonds. The van der Waals surface area contributed by atoms with Crippen LogP contribution in [0.4, 0.5) is 0 Å². The highest BCUT2D eigenvalue weighted by atomic mass is 16.5. The summed E-state index contributed by atoms with van der Waals surface area (Å²) in [5.41, 5.74) is 1.50. The molecular formula is C19H22N2O4. The molecule has 0 heterocycles. The standard InChI is InChI=1S/C19H22N2O4/c1-24-15-9-7-14(8-10-15)11-12-20-18(22)13-21-19(23)16-5-3-4-6-17(16)25-2/h3-10H,11-13H2,1-2H3,(H,20,22)(H,21,23). The molecule has 2 N–H and O–H groups in total. The second kappa shape index (κ2) is 9.32. The van der Waals surface area contributed by atoms with Gasteiger partial charge in [-0.1, -0.05) is 24.3 Å². The first-order valence-electron chi connectivity index (χ1n) is 7.95. The predicted molar refractivity (Wildman–Crippen MR) is 95.0 cm³/mol. The molecule has 0 aliphatic carbocycles. The summed E-state index contributed by atoms with van der Waals surface area (Å²) >= 11 is 0. The van der Waals surface area contributed by atoms with Crippen LogP contribution in [0.3, 0.4) is 0 Å². The molecule has 0 aromatic heterocycles. The van der Waals surface area contributed by atoms with Crippen LogP contribution in [0.1, 0.15) is 15.9 Å². The number of carbonyl (C=O) groups is 2. The highest BCUT2D eigenvalue weighted by Gasteiger charge is 2.12. The molecule has 0 saturated heterocycles. The van der Waals surface area contributed by atoms with Crippen molar-refractivity contribution in [1.82, 2.24) is 10.6 Å². The lowest BCUT2D eigenvalue weighted by Gasteiger charge is -2.09. The van der Waals surface area contributed by atoms with Crippen LogP contribution in [-0.2, 0) is 11.2 Å². The Morgan fingerprint density at radius 1 is 0.920 bits per heavy atom. The summed E-state index contributed by atoms with van der Waals surface area (Å²) in [6, 6.07) is 14.5. The van der Waals surface area contributed by atoms with Crippen LogP contribution in [0.2, 0.25) is 0 Å². The number of hydrogen-bond donors (Lipinski definition) is 2. The molecule has 2 rings (SSSR count). The number of amides is 2. The van der Waals surface area contributed by atoms with Gasteiger partial charge in [0.05, 0.1) is 26.3 Å². The largest absolute Gasteiger partial charge is 0.497 e. The van der Waals surface area contributed by atoms with Gasteiger partial charge in [0.2, 0.25) is 5.91 Å². The lowest BCUT2D eigenvalue weighted by atomic mass is 10.1. The number of benzene rings is 2. The number of rotatable bonds is 8. The molecule has 0 radical (unpaired) electrons. The van der Waals surface area contributed by atoms with Gasteiger partial charge in [-0.2, -0.15) is 0 Å². The summed E-state index contributed by atoms with van der Waals surface area (Å²) in [5.74, 6) is 0.686. The van der Waals surface area contributed by atoms with Gasteiger partial charge < -0.3 is 20.1 Å². The highest BCUT2D eigenvalue weighted by Crippen LogP contribution is 2.16. The average molecular weight is 342 g/mol. The molecule has 132 valence electrons. The molecule has 0 spiro atoms. The lowest BCUT2D eigenvalue weighted by molar-refractivity contribution is -0.120. The zero-order valence-electron chi connectivity index (χ0n) is 14.4. The fraction of sp³-hybridized carbons (Fsp3) is 0.263. The van der Waals surface area contributed by atoms with Crippen LogP contribution in [0.15, 0.2) is 48.5 Å². The molecule has 2 aromatic carbocycles. The van der Waals surface area contributed by atoms with Crippen LogP contribution in [0, 0.1) is 0 Å². The number of hydrogen-bond acceptors (Lipinski definition) is 4. The molecule has 6 nitrogen and oxygen atoms in total. The van der Waals surface area contributed by atoms with Gasteiger partial charge in [0.1, 0.15) is 11.5 Å². The summed E-state index contributed by atoms with van der Waals surface area (Å²) in [7, 11) is 3.12. The van der Waals surface area contributed by atoms with Crippen LogP contribution in [-0.4, -0.2) is 39.1 Å². The Bertz CT molecular complexity index is 714. The molecule has 0 aliphatic heterocycles. The normalized spacial score (nSPS) is 10.0. The minimum atomic E-state index is -0.345. The van der Waals surface area contributed by atoms with E-state index in [-0.39, 0.29) is 18.4 Å². The maximum Gasteiger partial charge on any atom is 0.255 e. The molecule has 0 aliphatic rings. The molecule has 0 fully saturated rings. The van der Waals surface area contributed by atoms with Gasteiger partial charge in [-0.3, -0.25) is 9.59 Å². The molecule has 0 bridgehead atoms. The minimum Gasteiger partial charge on any atom is -0.497 e. The van der Waals surface area contributed by atoms with Gasteiger partial charge >= 0.3 is 0 Å². The minimum absolute atomic E-state index is 0.0838. The predicted octanol–water partition coefficient (Wildman–Crippen LogP) is 1.79. The van der Waals surface area contributed by atoms with E-state index < -0.39 is 0 Å². The second-order valence-electron chi connectivity index (χ2n) is 5.33. The summed E-state index contributed by atoms with van der Waals surface area (Å²) in [4.78, 5) is 23.9. The maximum atomic E-state index is 12.1. The Morgan fingerprint density at radius 3 is 2.32 bits per heavy atom. The SMILES string of the molecule is COc1ccc(CCNC(=O)CNC(=O)c2ccccc2OC)cc1. The van der Waals surface area contributed by atoms with E-state index in [2.05, 4.69) is 10.6 Å². The van der Waals surface area contributed by atoms with Crippen LogP contribution < -0.4 is 20.1 Å². The van der Waals surface area contributed by atoms with Gasteiger partial charge in [-0.25, -0.2) is 0 Å². The number of methoxy groups -OCH3 is 2. The second-order valence-corrected chi connectivity index (χ2v) is 5.33. The first-order chi connectivity index (χ1) is 12.1. The van der Waals surface area contributed by atoms with E-state index in [0.29, 0.717) is 24.3 Å². The third kappa shape index (κ3) is 5.53. The first kappa shape index (κ1) is 18.3. The average Bonchev–Trinajstić information content (AvgIpc) is 2.66. The number of carbonyl (C=O) groups excluding carboxylic acids is 2. The summed E-state index contributed by atoms with van der Waals surface area (Å²) in [5, 5.41) is 5.37. The maximum absolute atomic E-state index is 12.1. The summed E-state index contributed by atoms with van der Waals surface area (Å²) < 4.78 is 10.2. The molecule has 25 heavy (non-hydrogen) atoms. The smallest absolute Gasteiger partial charge is 0.255 e. The fourth-order valence-corrected chi connectivity index (χ4v) is 2.29. The van der Waals surface area contributed by atoms with Gasteiger partial charge in [-0.05, 0) is 36.2 Å². The van der Waals surface area contributed by atoms with Gasteiger partial charge in [0.25, 0.3) is 5.91 Å². The molecule has 2 aromatic rings. The topological polar surface area (TPSA) is 76.7 Å². The number of para-hydroxylation sites is 1. The van der Waals surface area contributed by atoms with Crippen LogP contribution in [0.25, 0.3) is 0 Å². The Morgan fingerprint density at radius 2 is 1.64 bits per heavy atom. The van der Waals surface area contributed by atoms with Crippen LogP contribution >= 0.6 is 0 Å². The van der Waals surface area contributed by atoms with Crippen molar-refractivity contribution in [2.24, 2.45) is 0 Å².